The fraction of sp³-hybridized carbons (Fsp3) is 0.222. The predicted octanol–water partition coefficient (Wildman–Crippen LogP) is 2.97. The van der Waals surface area contributed by atoms with Crippen LogP contribution in [-0.4, -0.2) is 30.0 Å². The molecule has 2 aromatic carbocycles. The SMILES string of the molecule is COc1ccc(O[C@H](C)C(=O)Nc2ccc(NC(C)=O)cc2)c([N+](=O)[O-])c1. The fourth-order valence-electron chi connectivity index (χ4n) is 2.19. The van der Waals surface area contributed by atoms with Crippen LogP contribution in [0, 0.1) is 10.1 Å². The second-order valence-corrected chi connectivity index (χ2v) is 5.60. The Balaban J connectivity index is 2.05. The van der Waals surface area contributed by atoms with Crippen molar-refractivity contribution in [3.05, 3.63) is 52.6 Å². The van der Waals surface area contributed by atoms with Gasteiger partial charge in [-0.2, -0.15) is 0 Å². The van der Waals surface area contributed by atoms with E-state index in [2.05, 4.69) is 10.6 Å². The smallest absolute Gasteiger partial charge is 0.314 e. The van der Waals surface area contributed by atoms with Crippen LogP contribution < -0.4 is 20.1 Å². The average molecular weight is 373 g/mol. The lowest BCUT2D eigenvalue weighted by molar-refractivity contribution is -0.386. The first-order chi connectivity index (χ1) is 12.8. The highest BCUT2D eigenvalue weighted by molar-refractivity contribution is 5.94. The van der Waals surface area contributed by atoms with Gasteiger partial charge in [-0.1, -0.05) is 0 Å². The summed E-state index contributed by atoms with van der Waals surface area (Å²) in [6.45, 7) is 2.88. The van der Waals surface area contributed by atoms with Crippen LogP contribution in [0.3, 0.4) is 0 Å². The molecule has 0 spiro atoms. The molecule has 0 aliphatic carbocycles. The Hall–Kier alpha value is -3.62. The molecule has 2 N–H and O–H groups in total. The lowest BCUT2D eigenvalue weighted by Crippen LogP contribution is -2.30. The molecular formula is C18H19N3O6. The molecule has 0 saturated carbocycles. The van der Waals surface area contributed by atoms with Gasteiger partial charge in [0, 0.05) is 18.3 Å². The van der Waals surface area contributed by atoms with Crippen LogP contribution in [0.4, 0.5) is 17.1 Å². The van der Waals surface area contributed by atoms with E-state index in [4.69, 9.17) is 9.47 Å². The number of nitro benzene ring substituents is 1. The molecule has 0 fully saturated rings. The zero-order valence-corrected chi connectivity index (χ0v) is 15.0. The molecule has 0 aliphatic heterocycles. The number of carbonyl (C=O) groups excluding carboxylic acids is 2. The summed E-state index contributed by atoms with van der Waals surface area (Å²) in [5, 5.41) is 16.4. The van der Waals surface area contributed by atoms with Gasteiger partial charge in [-0.3, -0.25) is 19.7 Å². The van der Waals surface area contributed by atoms with Gasteiger partial charge in [-0.25, -0.2) is 0 Å². The van der Waals surface area contributed by atoms with E-state index < -0.39 is 16.9 Å². The first-order valence-electron chi connectivity index (χ1n) is 7.97. The van der Waals surface area contributed by atoms with Gasteiger partial charge < -0.3 is 20.1 Å². The summed E-state index contributed by atoms with van der Waals surface area (Å²) < 4.78 is 10.4. The zero-order chi connectivity index (χ0) is 20.0. The van der Waals surface area contributed by atoms with Crippen molar-refractivity contribution in [2.75, 3.05) is 17.7 Å². The summed E-state index contributed by atoms with van der Waals surface area (Å²) in [4.78, 5) is 33.9. The van der Waals surface area contributed by atoms with Crippen molar-refractivity contribution in [3.63, 3.8) is 0 Å². The highest BCUT2D eigenvalue weighted by Gasteiger charge is 2.22. The zero-order valence-electron chi connectivity index (χ0n) is 15.0. The fourth-order valence-corrected chi connectivity index (χ4v) is 2.19. The summed E-state index contributed by atoms with van der Waals surface area (Å²) in [5.74, 6) is -0.405. The Morgan fingerprint density at radius 2 is 1.67 bits per heavy atom. The van der Waals surface area contributed by atoms with Gasteiger partial charge in [0.15, 0.2) is 11.9 Å². The lowest BCUT2D eigenvalue weighted by Gasteiger charge is -2.15. The second-order valence-electron chi connectivity index (χ2n) is 5.60. The van der Waals surface area contributed by atoms with E-state index in [1.165, 1.54) is 39.2 Å². The van der Waals surface area contributed by atoms with Crippen molar-refractivity contribution in [3.8, 4) is 11.5 Å². The lowest BCUT2D eigenvalue weighted by atomic mass is 10.2. The summed E-state index contributed by atoms with van der Waals surface area (Å²) in [5.41, 5.74) is 0.793. The quantitative estimate of drug-likeness (QED) is 0.569. The first kappa shape index (κ1) is 19.7. The number of methoxy groups -OCH3 is 1. The average Bonchev–Trinajstić information content (AvgIpc) is 2.63. The van der Waals surface area contributed by atoms with Gasteiger partial charge in [0.1, 0.15) is 5.75 Å². The number of ether oxygens (including phenoxy) is 2. The Kier molecular flexibility index (Phi) is 6.32. The molecule has 0 unspecified atom stereocenters. The normalized spacial score (nSPS) is 11.2. The third kappa shape index (κ3) is 5.43. The first-order valence-corrected chi connectivity index (χ1v) is 7.97. The Labute approximate surface area is 155 Å². The van der Waals surface area contributed by atoms with Crippen molar-refractivity contribution in [1.82, 2.24) is 0 Å². The number of hydrogen-bond donors (Lipinski definition) is 2. The van der Waals surface area contributed by atoms with Gasteiger partial charge in [0.25, 0.3) is 5.91 Å². The monoisotopic (exact) mass is 373 g/mol. The Bertz CT molecular complexity index is 851. The van der Waals surface area contributed by atoms with Crippen molar-refractivity contribution < 1.29 is 24.0 Å². The van der Waals surface area contributed by atoms with Crippen LogP contribution in [0.2, 0.25) is 0 Å². The largest absolute Gasteiger partial charge is 0.496 e. The maximum Gasteiger partial charge on any atom is 0.314 e. The number of rotatable bonds is 7. The van der Waals surface area contributed by atoms with Crippen LogP contribution in [-0.2, 0) is 9.59 Å². The van der Waals surface area contributed by atoms with Crippen LogP contribution in [0.1, 0.15) is 13.8 Å². The van der Waals surface area contributed by atoms with Crippen molar-refractivity contribution >= 4 is 28.9 Å². The summed E-state index contributed by atoms with van der Waals surface area (Å²) >= 11 is 0. The highest BCUT2D eigenvalue weighted by Crippen LogP contribution is 2.31. The van der Waals surface area contributed by atoms with Gasteiger partial charge in [-0.05, 0) is 43.3 Å². The summed E-state index contributed by atoms with van der Waals surface area (Å²) in [7, 11) is 1.40. The minimum Gasteiger partial charge on any atom is -0.496 e. The van der Waals surface area contributed by atoms with Crippen LogP contribution >= 0.6 is 0 Å². The third-order valence-corrected chi connectivity index (χ3v) is 3.51. The molecule has 0 radical (unpaired) electrons. The summed E-state index contributed by atoms with van der Waals surface area (Å²) in [6, 6.07) is 10.6. The second kappa shape index (κ2) is 8.65. The number of hydrogen-bond acceptors (Lipinski definition) is 6. The van der Waals surface area contributed by atoms with Crippen molar-refractivity contribution in [1.29, 1.82) is 0 Å². The number of benzene rings is 2. The molecule has 9 nitrogen and oxygen atoms in total. The van der Waals surface area contributed by atoms with E-state index in [9.17, 15) is 19.7 Å². The number of amides is 2. The molecule has 0 bridgehead atoms. The molecule has 9 heteroatoms. The molecule has 27 heavy (non-hydrogen) atoms. The molecule has 0 saturated heterocycles. The number of anilines is 2. The molecular weight excluding hydrogens is 354 g/mol. The minimum atomic E-state index is -0.980. The van der Waals surface area contributed by atoms with Crippen LogP contribution in [0.5, 0.6) is 11.5 Å². The van der Waals surface area contributed by atoms with Crippen molar-refractivity contribution in [2.24, 2.45) is 0 Å². The highest BCUT2D eigenvalue weighted by atomic mass is 16.6. The van der Waals surface area contributed by atoms with E-state index in [0.29, 0.717) is 17.1 Å². The third-order valence-electron chi connectivity index (χ3n) is 3.51. The topological polar surface area (TPSA) is 120 Å². The molecule has 0 aromatic heterocycles. The molecule has 0 aliphatic rings. The number of nitrogens with zero attached hydrogens (tertiary/aromatic N) is 1. The predicted molar refractivity (Wildman–Crippen MR) is 99.1 cm³/mol. The van der Waals surface area contributed by atoms with Crippen molar-refractivity contribution in [2.45, 2.75) is 20.0 Å². The molecule has 1 atom stereocenters. The number of nitro groups is 1. The maximum absolute atomic E-state index is 12.3. The Morgan fingerprint density at radius 1 is 1.07 bits per heavy atom. The van der Waals surface area contributed by atoms with Gasteiger partial charge in [0.2, 0.25) is 5.91 Å². The summed E-state index contributed by atoms with van der Waals surface area (Å²) in [6.07, 6.45) is -0.980. The van der Waals surface area contributed by atoms with Gasteiger partial charge in [0.05, 0.1) is 18.1 Å². The molecule has 142 valence electrons. The minimum absolute atomic E-state index is 0.0375. The Morgan fingerprint density at radius 3 is 2.19 bits per heavy atom. The standard InChI is InChI=1S/C18H19N3O6/c1-11(27-17-9-8-15(26-3)10-16(17)21(24)25)18(23)20-14-6-4-13(5-7-14)19-12(2)22/h4-11H,1-3H3,(H,19,22)(H,20,23)/t11-/m1/s1. The molecule has 2 amide bonds. The van der Waals surface area contributed by atoms with E-state index in [1.54, 1.807) is 24.3 Å². The number of carbonyl (C=O) groups is 2. The molecule has 0 heterocycles. The van der Waals surface area contributed by atoms with E-state index in [1.807, 2.05) is 0 Å². The van der Waals surface area contributed by atoms with E-state index in [0.717, 1.165) is 0 Å². The number of nitrogens with one attached hydrogen (secondary N) is 2. The van der Waals surface area contributed by atoms with Crippen LogP contribution in [0.25, 0.3) is 0 Å². The maximum atomic E-state index is 12.3. The van der Waals surface area contributed by atoms with Gasteiger partial charge >= 0.3 is 5.69 Å². The molecule has 2 rings (SSSR count). The van der Waals surface area contributed by atoms with Gasteiger partial charge in [-0.15, -0.1) is 0 Å². The van der Waals surface area contributed by atoms with E-state index in [-0.39, 0.29) is 17.3 Å². The van der Waals surface area contributed by atoms with Crippen LogP contribution in [0.15, 0.2) is 42.5 Å². The molecule has 2 aromatic rings. The van der Waals surface area contributed by atoms with E-state index >= 15 is 0 Å².